The summed E-state index contributed by atoms with van der Waals surface area (Å²) in [5.74, 6) is -4.48. The van der Waals surface area contributed by atoms with E-state index in [1.54, 1.807) is 6.26 Å². The van der Waals surface area contributed by atoms with E-state index in [0.29, 0.717) is 12.2 Å². The number of hydrogen-bond donors (Lipinski definition) is 6. The largest absolute Gasteiger partial charge is 0.481 e. The van der Waals surface area contributed by atoms with Crippen LogP contribution in [0.3, 0.4) is 0 Å². The molecule has 1 heterocycles. The summed E-state index contributed by atoms with van der Waals surface area (Å²) in [5.41, 5.74) is 5.59. The van der Waals surface area contributed by atoms with Crippen molar-refractivity contribution in [3.8, 4) is 0 Å². The third-order valence-electron chi connectivity index (χ3n) is 4.88. The van der Waals surface area contributed by atoms with Gasteiger partial charge in [-0.2, -0.15) is 11.8 Å². The van der Waals surface area contributed by atoms with Gasteiger partial charge in [-0.25, -0.2) is 4.79 Å². The number of aliphatic hydroxyl groups excluding tert-OH is 1. The Kier molecular flexibility index (Phi) is 10.7. The van der Waals surface area contributed by atoms with E-state index in [-0.39, 0.29) is 19.4 Å². The minimum absolute atomic E-state index is 0.137. The average Bonchev–Trinajstić information content (AvgIpc) is 3.18. The average molecular weight is 463 g/mol. The number of carboxylic acid groups (broad SMARTS) is 2. The molecule has 1 fully saturated rings. The molecule has 0 aromatic heterocycles. The van der Waals surface area contributed by atoms with Crippen LogP contribution in [0.15, 0.2) is 0 Å². The van der Waals surface area contributed by atoms with Crippen molar-refractivity contribution < 1.29 is 39.3 Å². The maximum Gasteiger partial charge on any atom is 0.326 e. The molecule has 13 heteroatoms. The molecule has 0 bridgehead atoms. The number of carboxylic acids is 2. The lowest BCUT2D eigenvalue weighted by atomic mass is 10.1. The number of rotatable bonds is 12. The van der Waals surface area contributed by atoms with Crippen molar-refractivity contribution in [2.45, 2.75) is 62.9 Å². The Balaban J connectivity index is 2.99. The smallest absolute Gasteiger partial charge is 0.326 e. The quantitative estimate of drug-likeness (QED) is 0.188. The lowest BCUT2D eigenvalue weighted by Gasteiger charge is -2.28. The van der Waals surface area contributed by atoms with Crippen LogP contribution in [0.25, 0.3) is 0 Å². The monoisotopic (exact) mass is 462 g/mol. The van der Waals surface area contributed by atoms with Crippen LogP contribution in [0.5, 0.6) is 0 Å². The van der Waals surface area contributed by atoms with Crippen LogP contribution in [0.4, 0.5) is 0 Å². The summed E-state index contributed by atoms with van der Waals surface area (Å²) >= 11 is 1.40. The Labute approximate surface area is 183 Å². The van der Waals surface area contributed by atoms with E-state index in [0.717, 1.165) is 4.90 Å². The predicted molar refractivity (Wildman–Crippen MR) is 111 cm³/mol. The molecule has 12 nitrogen and oxygen atoms in total. The summed E-state index contributed by atoms with van der Waals surface area (Å²) in [6.07, 6.45) is 0.728. The van der Waals surface area contributed by atoms with Gasteiger partial charge < -0.3 is 36.6 Å². The SMILES string of the molecule is CSCCC(NC(=O)C(N)C(C)O)C(=O)NC(CC(=O)O)C(=O)N1CCCC1C(=O)O. The number of thioether (sulfide) groups is 1. The van der Waals surface area contributed by atoms with Crippen molar-refractivity contribution in [2.75, 3.05) is 18.6 Å². The Bertz CT molecular complexity index is 689. The second-order valence-corrected chi connectivity index (χ2v) is 8.28. The second kappa shape index (κ2) is 12.5. The lowest BCUT2D eigenvalue weighted by molar-refractivity contribution is -0.150. The zero-order valence-corrected chi connectivity index (χ0v) is 18.3. The van der Waals surface area contributed by atoms with Gasteiger partial charge >= 0.3 is 11.9 Å². The Morgan fingerprint density at radius 2 is 1.74 bits per heavy atom. The number of aliphatic hydroxyl groups is 1. The molecule has 1 saturated heterocycles. The number of nitrogens with zero attached hydrogens (tertiary/aromatic N) is 1. The molecule has 1 rings (SSSR count). The lowest BCUT2D eigenvalue weighted by Crippen LogP contribution is -2.58. The zero-order chi connectivity index (χ0) is 23.7. The number of nitrogens with one attached hydrogen (secondary N) is 2. The normalized spacial score (nSPS) is 19.7. The van der Waals surface area contributed by atoms with Crippen LogP contribution < -0.4 is 16.4 Å². The number of nitrogens with two attached hydrogens (primary N) is 1. The van der Waals surface area contributed by atoms with Crippen LogP contribution in [0, 0.1) is 0 Å². The summed E-state index contributed by atoms with van der Waals surface area (Å²) in [4.78, 5) is 61.5. The number of amides is 3. The highest BCUT2D eigenvalue weighted by Gasteiger charge is 2.39. The van der Waals surface area contributed by atoms with Crippen molar-refractivity contribution in [3.05, 3.63) is 0 Å². The van der Waals surface area contributed by atoms with Crippen molar-refractivity contribution >= 4 is 41.4 Å². The molecule has 31 heavy (non-hydrogen) atoms. The van der Waals surface area contributed by atoms with Gasteiger partial charge in [-0.05, 0) is 38.2 Å². The Hall–Kier alpha value is -2.38. The highest BCUT2D eigenvalue weighted by molar-refractivity contribution is 7.98. The van der Waals surface area contributed by atoms with Gasteiger partial charge in [-0.15, -0.1) is 0 Å². The molecule has 0 aromatic rings. The summed E-state index contributed by atoms with van der Waals surface area (Å²) in [6.45, 7) is 1.45. The number of hydrogen-bond acceptors (Lipinski definition) is 8. The van der Waals surface area contributed by atoms with Crippen molar-refractivity contribution in [2.24, 2.45) is 5.73 Å². The van der Waals surface area contributed by atoms with Crippen LogP contribution in [-0.4, -0.2) is 98.7 Å². The van der Waals surface area contributed by atoms with Crippen LogP contribution in [0.1, 0.15) is 32.6 Å². The first-order chi connectivity index (χ1) is 14.5. The van der Waals surface area contributed by atoms with E-state index < -0.39 is 66.4 Å². The molecule has 1 aliphatic rings. The molecule has 0 spiro atoms. The number of aliphatic carboxylic acids is 2. The third kappa shape index (κ3) is 7.99. The molecule has 176 valence electrons. The first kappa shape index (κ1) is 26.7. The van der Waals surface area contributed by atoms with E-state index in [9.17, 15) is 34.2 Å². The number of carbonyl (C=O) groups is 5. The molecule has 0 aliphatic carbocycles. The molecule has 0 saturated carbocycles. The van der Waals surface area contributed by atoms with Gasteiger partial charge in [0.15, 0.2) is 0 Å². The molecular weight excluding hydrogens is 432 g/mol. The van der Waals surface area contributed by atoms with E-state index in [1.165, 1.54) is 18.7 Å². The van der Waals surface area contributed by atoms with Gasteiger partial charge in [-0.1, -0.05) is 0 Å². The third-order valence-corrected chi connectivity index (χ3v) is 5.52. The van der Waals surface area contributed by atoms with Gasteiger partial charge in [0.1, 0.15) is 24.2 Å². The van der Waals surface area contributed by atoms with Crippen LogP contribution >= 0.6 is 11.8 Å². The number of likely N-dealkylation sites (tertiary alicyclic amines) is 1. The molecule has 1 aliphatic heterocycles. The Morgan fingerprint density at radius 3 is 2.26 bits per heavy atom. The van der Waals surface area contributed by atoms with Crippen LogP contribution in [-0.2, 0) is 24.0 Å². The summed E-state index contributed by atoms with van der Waals surface area (Å²) < 4.78 is 0. The number of carbonyl (C=O) groups excluding carboxylic acids is 3. The predicted octanol–water partition coefficient (Wildman–Crippen LogP) is -2.03. The summed E-state index contributed by atoms with van der Waals surface area (Å²) in [6, 6.07) is -4.98. The van der Waals surface area contributed by atoms with E-state index in [2.05, 4.69) is 10.6 Å². The topological polar surface area (TPSA) is 199 Å². The molecule has 0 radical (unpaired) electrons. The summed E-state index contributed by atoms with van der Waals surface area (Å²) in [7, 11) is 0. The first-order valence-electron chi connectivity index (χ1n) is 9.78. The second-order valence-electron chi connectivity index (χ2n) is 7.30. The molecule has 7 N–H and O–H groups in total. The Morgan fingerprint density at radius 1 is 1.13 bits per heavy atom. The van der Waals surface area contributed by atoms with Gasteiger partial charge in [0.05, 0.1) is 12.5 Å². The van der Waals surface area contributed by atoms with Crippen molar-refractivity contribution in [3.63, 3.8) is 0 Å². The molecule has 5 atom stereocenters. The van der Waals surface area contributed by atoms with Gasteiger partial charge in [-0.3, -0.25) is 19.2 Å². The van der Waals surface area contributed by atoms with Gasteiger partial charge in [0.2, 0.25) is 17.7 Å². The standard InChI is InChI=1S/C18H30N4O8S/c1-9(23)14(19)16(27)20-10(5-7-31-2)15(26)21-11(8-13(24)25)17(28)22-6-3-4-12(22)18(29)30/h9-12,14,23H,3-8,19H2,1-2H3,(H,20,27)(H,21,26)(H,24,25)(H,29,30). The van der Waals surface area contributed by atoms with Crippen molar-refractivity contribution in [1.82, 2.24) is 15.5 Å². The highest BCUT2D eigenvalue weighted by atomic mass is 32.2. The van der Waals surface area contributed by atoms with Crippen molar-refractivity contribution in [1.29, 1.82) is 0 Å². The summed E-state index contributed by atoms with van der Waals surface area (Å²) in [5, 5.41) is 32.7. The minimum atomic E-state index is -1.50. The minimum Gasteiger partial charge on any atom is -0.481 e. The maximum atomic E-state index is 12.8. The molecule has 0 aromatic carbocycles. The van der Waals surface area contributed by atoms with E-state index in [4.69, 9.17) is 10.8 Å². The fourth-order valence-corrected chi connectivity index (χ4v) is 3.60. The van der Waals surface area contributed by atoms with Gasteiger partial charge in [0, 0.05) is 6.54 Å². The van der Waals surface area contributed by atoms with E-state index in [1.807, 2.05) is 0 Å². The maximum absolute atomic E-state index is 12.8. The fourth-order valence-electron chi connectivity index (χ4n) is 3.13. The first-order valence-corrected chi connectivity index (χ1v) is 11.2. The van der Waals surface area contributed by atoms with Crippen LogP contribution in [0.2, 0.25) is 0 Å². The highest BCUT2D eigenvalue weighted by Crippen LogP contribution is 2.19. The van der Waals surface area contributed by atoms with E-state index >= 15 is 0 Å². The molecule has 5 unspecified atom stereocenters. The molecule has 3 amide bonds. The zero-order valence-electron chi connectivity index (χ0n) is 17.4. The molecular formula is C18H30N4O8S. The van der Waals surface area contributed by atoms with Gasteiger partial charge in [0.25, 0.3) is 0 Å². The fraction of sp³-hybridized carbons (Fsp3) is 0.722.